The first-order valence-electron chi connectivity index (χ1n) is 8.15. The van der Waals surface area contributed by atoms with Gasteiger partial charge in [-0.25, -0.2) is 4.68 Å². The van der Waals surface area contributed by atoms with Crippen LogP contribution in [0.3, 0.4) is 0 Å². The highest BCUT2D eigenvalue weighted by atomic mass is 16.5. The fraction of sp³-hybridized carbons (Fsp3) is 0.333. The van der Waals surface area contributed by atoms with Gasteiger partial charge in [-0.3, -0.25) is 4.79 Å². The SMILES string of the molecule is Cc1cc(C(=O)COc2cccc(-n3cnnn3)c2)c(C)n1C(C)C. The highest BCUT2D eigenvalue weighted by Gasteiger charge is 2.17. The summed E-state index contributed by atoms with van der Waals surface area (Å²) in [5.41, 5.74) is 3.54. The molecule has 0 saturated carbocycles. The number of aromatic nitrogens is 5. The third-order valence-electron chi connectivity index (χ3n) is 4.10. The molecule has 0 spiro atoms. The second-order valence-electron chi connectivity index (χ2n) is 6.21. The summed E-state index contributed by atoms with van der Waals surface area (Å²) in [6.07, 6.45) is 1.50. The molecule has 3 rings (SSSR count). The van der Waals surface area contributed by atoms with Crippen LogP contribution in [0.2, 0.25) is 0 Å². The zero-order chi connectivity index (χ0) is 18.0. The molecule has 0 unspecified atom stereocenters. The van der Waals surface area contributed by atoms with Crippen molar-refractivity contribution < 1.29 is 9.53 Å². The number of ketones is 1. The molecule has 0 N–H and O–H groups in total. The normalized spacial score (nSPS) is 11.1. The van der Waals surface area contributed by atoms with Crippen LogP contribution in [0.15, 0.2) is 36.7 Å². The van der Waals surface area contributed by atoms with E-state index in [0.29, 0.717) is 17.4 Å². The first kappa shape index (κ1) is 16.9. The predicted molar refractivity (Wildman–Crippen MR) is 93.3 cm³/mol. The molecular formula is C18H21N5O2. The van der Waals surface area contributed by atoms with Gasteiger partial charge in [-0.2, -0.15) is 0 Å². The number of Topliss-reactive ketones (excluding diaryl/α,β-unsaturated/α-hetero) is 1. The molecule has 2 aromatic heterocycles. The number of hydrogen-bond acceptors (Lipinski definition) is 5. The minimum absolute atomic E-state index is 0.0125. The largest absolute Gasteiger partial charge is 0.485 e. The van der Waals surface area contributed by atoms with Gasteiger partial charge in [0.1, 0.15) is 12.1 Å². The second-order valence-corrected chi connectivity index (χ2v) is 6.21. The molecule has 0 fully saturated rings. The van der Waals surface area contributed by atoms with E-state index < -0.39 is 0 Å². The number of ether oxygens (including phenoxy) is 1. The highest BCUT2D eigenvalue weighted by Crippen LogP contribution is 2.21. The fourth-order valence-electron chi connectivity index (χ4n) is 3.08. The highest BCUT2D eigenvalue weighted by molar-refractivity contribution is 5.98. The van der Waals surface area contributed by atoms with Crippen molar-refractivity contribution in [3.05, 3.63) is 53.6 Å². The third kappa shape index (κ3) is 3.45. The fourth-order valence-corrected chi connectivity index (χ4v) is 3.08. The van der Waals surface area contributed by atoms with Crippen molar-refractivity contribution in [2.45, 2.75) is 33.7 Å². The van der Waals surface area contributed by atoms with Crippen molar-refractivity contribution in [1.29, 1.82) is 0 Å². The third-order valence-corrected chi connectivity index (χ3v) is 4.10. The molecule has 1 aromatic carbocycles. The molecule has 3 aromatic rings. The average Bonchev–Trinajstić information content (AvgIpc) is 3.21. The van der Waals surface area contributed by atoms with Crippen LogP contribution in [0.25, 0.3) is 5.69 Å². The number of carbonyl (C=O) groups is 1. The molecule has 0 amide bonds. The van der Waals surface area contributed by atoms with Crippen molar-refractivity contribution in [2.75, 3.05) is 6.61 Å². The topological polar surface area (TPSA) is 74.8 Å². The van der Waals surface area contributed by atoms with Crippen molar-refractivity contribution in [3.63, 3.8) is 0 Å². The zero-order valence-corrected chi connectivity index (χ0v) is 14.8. The van der Waals surface area contributed by atoms with Gasteiger partial charge in [0, 0.05) is 29.1 Å². The van der Waals surface area contributed by atoms with Crippen molar-refractivity contribution in [3.8, 4) is 11.4 Å². The van der Waals surface area contributed by atoms with Gasteiger partial charge in [-0.05, 0) is 56.3 Å². The number of nitrogens with zero attached hydrogens (tertiary/aromatic N) is 5. The lowest BCUT2D eigenvalue weighted by atomic mass is 10.1. The molecule has 0 radical (unpaired) electrons. The van der Waals surface area contributed by atoms with Crippen molar-refractivity contribution in [1.82, 2.24) is 24.8 Å². The van der Waals surface area contributed by atoms with Crippen LogP contribution in [0.1, 0.15) is 41.6 Å². The minimum atomic E-state index is -0.0344. The summed E-state index contributed by atoms with van der Waals surface area (Å²) in [5, 5.41) is 11.1. The molecule has 0 aliphatic rings. The van der Waals surface area contributed by atoms with Crippen LogP contribution in [0.4, 0.5) is 0 Å². The number of carbonyl (C=O) groups excluding carboxylic acids is 1. The van der Waals surface area contributed by atoms with E-state index in [-0.39, 0.29) is 12.4 Å². The summed E-state index contributed by atoms with van der Waals surface area (Å²) in [7, 11) is 0. The van der Waals surface area contributed by atoms with E-state index in [9.17, 15) is 4.79 Å². The number of tetrazole rings is 1. The zero-order valence-electron chi connectivity index (χ0n) is 14.8. The van der Waals surface area contributed by atoms with E-state index in [1.165, 1.54) is 11.0 Å². The van der Waals surface area contributed by atoms with Gasteiger partial charge in [0.05, 0.1) is 5.69 Å². The number of aryl methyl sites for hydroxylation is 1. The molecule has 7 heteroatoms. The van der Waals surface area contributed by atoms with Crippen LogP contribution in [-0.2, 0) is 0 Å². The molecule has 0 aliphatic heterocycles. The van der Waals surface area contributed by atoms with Gasteiger partial charge in [-0.1, -0.05) is 6.07 Å². The molecule has 2 heterocycles. The predicted octanol–water partition coefficient (Wildman–Crippen LogP) is 2.92. The molecule has 0 atom stereocenters. The average molecular weight is 339 g/mol. The quantitative estimate of drug-likeness (QED) is 0.646. The lowest BCUT2D eigenvalue weighted by Crippen LogP contribution is -2.13. The van der Waals surface area contributed by atoms with Gasteiger partial charge in [0.25, 0.3) is 0 Å². The van der Waals surface area contributed by atoms with Gasteiger partial charge >= 0.3 is 0 Å². The van der Waals surface area contributed by atoms with Gasteiger partial charge in [-0.15, -0.1) is 5.10 Å². The van der Waals surface area contributed by atoms with Crippen LogP contribution >= 0.6 is 0 Å². The summed E-state index contributed by atoms with van der Waals surface area (Å²) in [6, 6.07) is 9.54. The Morgan fingerprint density at radius 3 is 2.68 bits per heavy atom. The van der Waals surface area contributed by atoms with Crippen LogP contribution in [0, 0.1) is 13.8 Å². The Hall–Kier alpha value is -2.96. The Bertz CT molecular complexity index is 881. The van der Waals surface area contributed by atoms with Gasteiger partial charge in [0.15, 0.2) is 6.61 Å². The maximum atomic E-state index is 12.6. The number of rotatable bonds is 6. The first-order valence-corrected chi connectivity index (χ1v) is 8.15. The maximum Gasteiger partial charge on any atom is 0.202 e. The Balaban J connectivity index is 1.73. The van der Waals surface area contributed by atoms with Crippen LogP contribution in [0.5, 0.6) is 5.75 Å². The molecule has 0 saturated heterocycles. The second kappa shape index (κ2) is 6.88. The Labute approximate surface area is 146 Å². The van der Waals surface area contributed by atoms with Crippen LogP contribution in [-0.4, -0.2) is 37.2 Å². The van der Waals surface area contributed by atoms with Crippen molar-refractivity contribution in [2.24, 2.45) is 0 Å². The molecule has 25 heavy (non-hydrogen) atoms. The van der Waals surface area contributed by atoms with E-state index >= 15 is 0 Å². The van der Waals surface area contributed by atoms with Gasteiger partial charge < -0.3 is 9.30 Å². The minimum Gasteiger partial charge on any atom is -0.485 e. The van der Waals surface area contributed by atoms with E-state index in [2.05, 4.69) is 33.9 Å². The Morgan fingerprint density at radius 2 is 2.04 bits per heavy atom. The summed E-state index contributed by atoms with van der Waals surface area (Å²) in [6.45, 7) is 8.19. The molecular weight excluding hydrogens is 318 g/mol. The van der Waals surface area contributed by atoms with Crippen molar-refractivity contribution >= 4 is 5.78 Å². The first-order chi connectivity index (χ1) is 12.0. The number of hydrogen-bond donors (Lipinski definition) is 0. The number of benzene rings is 1. The van der Waals surface area contributed by atoms with E-state index in [4.69, 9.17) is 4.74 Å². The Kier molecular flexibility index (Phi) is 4.65. The van der Waals surface area contributed by atoms with E-state index in [1.807, 2.05) is 32.0 Å². The lowest BCUT2D eigenvalue weighted by Gasteiger charge is -2.13. The molecule has 0 bridgehead atoms. The molecule has 0 aliphatic carbocycles. The standard InChI is InChI=1S/C18H21N5O2/c1-12(2)23-13(3)8-17(14(23)4)18(24)10-25-16-7-5-6-15(9-16)22-11-19-20-21-22/h5-9,11-12H,10H2,1-4H3. The Morgan fingerprint density at radius 1 is 1.24 bits per heavy atom. The molecule has 130 valence electrons. The summed E-state index contributed by atoms with van der Waals surface area (Å²) < 4.78 is 9.38. The lowest BCUT2D eigenvalue weighted by molar-refractivity contribution is 0.0920. The summed E-state index contributed by atoms with van der Waals surface area (Å²) in [4.78, 5) is 12.6. The monoisotopic (exact) mass is 339 g/mol. The summed E-state index contributed by atoms with van der Waals surface area (Å²) in [5.74, 6) is 0.562. The van der Waals surface area contributed by atoms with Gasteiger partial charge in [0.2, 0.25) is 5.78 Å². The maximum absolute atomic E-state index is 12.6. The smallest absolute Gasteiger partial charge is 0.202 e. The van der Waals surface area contributed by atoms with E-state index in [1.54, 1.807) is 12.1 Å². The van der Waals surface area contributed by atoms with Crippen LogP contribution < -0.4 is 4.74 Å². The summed E-state index contributed by atoms with van der Waals surface area (Å²) >= 11 is 0. The van der Waals surface area contributed by atoms with E-state index in [0.717, 1.165) is 17.1 Å². The molecule has 7 nitrogen and oxygen atoms in total.